The van der Waals surface area contributed by atoms with Gasteiger partial charge in [0, 0.05) is 16.1 Å². The number of fused-ring (bicyclic) bond motifs is 1. The molecule has 0 aliphatic heterocycles. The Labute approximate surface area is 129 Å². The van der Waals surface area contributed by atoms with E-state index >= 15 is 0 Å². The van der Waals surface area contributed by atoms with Gasteiger partial charge in [0.1, 0.15) is 4.88 Å². The normalized spacial score (nSPS) is 18.8. The van der Waals surface area contributed by atoms with Crippen molar-refractivity contribution in [3.8, 4) is 0 Å². The van der Waals surface area contributed by atoms with Crippen molar-refractivity contribution >= 4 is 33.0 Å². The molecule has 0 radical (unpaired) electrons. The first-order chi connectivity index (χ1) is 9.96. The number of nitrogens with two attached hydrogens (primary N) is 1. The SMILES string of the molecule is CC1(C)CCC(NC(=O)c2sc3ccccc3c2N)CC1. The molecule has 0 atom stereocenters. The molecule has 1 aromatic heterocycles. The molecule has 4 heteroatoms. The molecule has 21 heavy (non-hydrogen) atoms. The first kappa shape index (κ1) is 14.4. The van der Waals surface area contributed by atoms with E-state index in [2.05, 4.69) is 19.2 Å². The Morgan fingerprint density at radius 2 is 1.95 bits per heavy atom. The fraction of sp³-hybridized carbons (Fsp3) is 0.471. The minimum Gasteiger partial charge on any atom is -0.397 e. The van der Waals surface area contributed by atoms with E-state index in [9.17, 15) is 4.79 Å². The first-order valence-electron chi connectivity index (χ1n) is 7.54. The van der Waals surface area contributed by atoms with Crippen LogP contribution < -0.4 is 11.1 Å². The molecule has 0 spiro atoms. The molecule has 3 N–H and O–H groups in total. The monoisotopic (exact) mass is 302 g/mol. The molecule has 1 aliphatic rings. The number of nitrogens with one attached hydrogen (secondary N) is 1. The van der Waals surface area contributed by atoms with Crippen LogP contribution in [0.15, 0.2) is 24.3 Å². The van der Waals surface area contributed by atoms with Gasteiger partial charge in [-0.15, -0.1) is 11.3 Å². The molecular formula is C17H22N2OS. The highest BCUT2D eigenvalue weighted by molar-refractivity contribution is 7.21. The van der Waals surface area contributed by atoms with Gasteiger partial charge in [0.05, 0.1) is 5.69 Å². The van der Waals surface area contributed by atoms with Gasteiger partial charge in [-0.05, 0) is 37.2 Å². The lowest BCUT2D eigenvalue weighted by Crippen LogP contribution is -2.39. The van der Waals surface area contributed by atoms with Crippen molar-refractivity contribution in [1.82, 2.24) is 5.32 Å². The zero-order valence-corrected chi connectivity index (χ0v) is 13.4. The van der Waals surface area contributed by atoms with Crippen LogP contribution in [-0.4, -0.2) is 11.9 Å². The molecule has 1 fully saturated rings. The lowest BCUT2D eigenvalue weighted by Gasteiger charge is -2.34. The van der Waals surface area contributed by atoms with E-state index < -0.39 is 0 Å². The average molecular weight is 302 g/mol. The fourth-order valence-corrected chi connectivity index (χ4v) is 4.05. The van der Waals surface area contributed by atoms with Crippen molar-refractivity contribution in [2.24, 2.45) is 5.41 Å². The summed E-state index contributed by atoms with van der Waals surface area (Å²) in [5.41, 5.74) is 7.17. The van der Waals surface area contributed by atoms with Gasteiger partial charge in [-0.2, -0.15) is 0 Å². The maximum absolute atomic E-state index is 12.5. The van der Waals surface area contributed by atoms with E-state index in [1.54, 1.807) is 0 Å². The lowest BCUT2D eigenvalue weighted by atomic mass is 9.75. The van der Waals surface area contributed by atoms with Crippen LogP contribution >= 0.6 is 11.3 Å². The molecule has 3 nitrogen and oxygen atoms in total. The number of rotatable bonds is 2. The highest BCUT2D eigenvalue weighted by Gasteiger charge is 2.28. The van der Waals surface area contributed by atoms with Crippen LogP contribution in [0.3, 0.4) is 0 Å². The minimum absolute atomic E-state index is 0.0154. The van der Waals surface area contributed by atoms with Gasteiger partial charge >= 0.3 is 0 Å². The third kappa shape index (κ3) is 2.91. The van der Waals surface area contributed by atoms with E-state index in [-0.39, 0.29) is 11.9 Å². The largest absolute Gasteiger partial charge is 0.397 e. The standard InChI is InChI=1S/C17H22N2OS/c1-17(2)9-7-11(8-10-17)19-16(20)15-14(18)12-5-3-4-6-13(12)21-15/h3-6,11H,7-10,18H2,1-2H3,(H,19,20). The van der Waals surface area contributed by atoms with Gasteiger partial charge in [-0.25, -0.2) is 0 Å². The fourth-order valence-electron chi connectivity index (χ4n) is 3.03. The molecule has 1 heterocycles. The van der Waals surface area contributed by atoms with Crippen LogP contribution in [0.5, 0.6) is 0 Å². The Morgan fingerprint density at radius 1 is 1.29 bits per heavy atom. The Balaban J connectivity index is 1.74. The number of thiophene rings is 1. The van der Waals surface area contributed by atoms with Gasteiger partial charge in [0.15, 0.2) is 0 Å². The van der Waals surface area contributed by atoms with Gasteiger partial charge in [-0.1, -0.05) is 32.0 Å². The highest BCUT2D eigenvalue weighted by atomic mass is 32.1. The van der Waals surface area contributed by atoms with Crippen LogP contribution in [0.2, 0.25) is 0 Å². The maximum atomic E-state index is 12.5. The molecule has 0 saturated heterocycles. The molecule has 2 aromatic rings. The number of anilines is 1. The molecule has 1 aliphatic carbocycles. The molecule has 1 amide bonds. The van der Waals surface area contributed by atoms with Gasteiger partial charge in [0.25, 0.3) is 5.91 Å². The van der Waals surface area contributed by atoms with E-state index in [4.69, 9.17) is 5.73 Å². The number of hydrogen-bond donors (Lipinski definition) is 2. The summed E-state index contributed by atoms with van der Waals surface area (Å²) in [4.78, 5) is 13.1. The number of amides is 1. The number of carbonyl (C=O) groups excluding carboxylic acids is 1. The third-order valence-corrected chi connectivity index (χ3v) is 5.70. The zero-order valence-electron chi connectivity index (χ0n) is 12.6. The van der Waals surface area contributed by atoms with Crippen molar-refractivity contribution < 1.29 is 4.79 Å². The quantitative estimate of drug-likeness (QED) is 0.874. The van der Waals surface area contributed by atoms with Crippen molar-refractivity contribution in [3.63, 3.8) is 0 Å². The Morgan fingerprint density at radius 3 is 2.62 bits per heavy atom. The van der Waals surface area contributed by atoms with E-state index in [1.807, 2.05) is 24.3 Å². The predicted molar refractivity (Wildman–Crippen MR) is 89.7 cm³/mol. The third-order valence-electron chi connectivity index (χ3n) is 4.51. The molecule has 3 rings (SSSR count). The molecule has 0 unspecified atom stereocenters. The average Bonchev–Trinajstić information content (AvgIpc) is 2.79. The summed E-state index contributed by atoms with van der Waals surface area (Å²) in [6.45, 7) is 4.60. The summed E-state index contributed by atoms with van der Waals surface area (Å²) in [6.07, 6.45) is 4.45. The second-order valence-corrected chi connectivity index (χ2v) is 7.81. The maximum Gasteiger partial charge on any atom is 0.263 e. The van der Waals surface area contributed by atoms with Crippen LogP contribution in [0.1, 0.15) is 49.2 Å². The van der Waals surface area contributed by atoms with Crippen molar-refractivity contribution in [2.45, 2.75) is 45.6 Å². The number of carbonyl (C=O) groups is 1. The topological polar surface area (TPSA) is 55.1 Å². The highest BCUT2D eigenvalue weighted by Crippen LogP contribution is 2.36. The van der Waals surface area contributed by atoms with Crippen LogP contribution in [0.25, 0.3) is 10.1 Å². The van der Waals surface area contributed by atoms with Gasteiger partial charge in [-0.3, -0.25) is 4.79 Å². The Kier molecular flexibility index (Phi) is 3.66. The zero-order chi connectivity index (χ0) is 15.0. The number of benzene rings is 1. The molecular weight excluding hydrogens is 280 g/mol. The van der Waals surface area contributed by atoms with Crippen molar-refractivity contribution in [3.05, 3.63) is 29.1 Å². The summed E-state index contributed by atoms with van der Waals surface area (Å²) >= 11 is 1.48. The van der Waals surface area contributed by atoms with E-state index in [0.717, 1.165) is 22.9 Å². The Hall–Kier alpha value is -1.55. The van der Waals surface area contributed by atoms with E-state index in [0.29, 0.717) is 16.0 Å². The summed E-state index contributed by atoms with van der Waals surface area (Å²) in [5.74, 6) is -0.0154. The summed E-state index contributed by atoms with van der Waals surface area (Å²) in [6, 6.07) is 8.20. The second-order valence-electron chi connectivity index (χ2n) is 6.75. The van der Waals surface area contributed by atoms with Crippen molar-refractivity contribution in [1.29, 1.82) is 0 Å². The molecule has 1 saturated carbocycles. The smallest absolute Gasteiger partial charge is 0.263 e. The predicted octanol–water partition coefficient (Wildman–Crippen LogP) is 4.18. The summed E-state index contributed by atoms with van der Waals surface area (Å²) in [5, 5.41) is 4.15. The van der Waals surface area contributed by atoms with Crippen LogP contribution in [0, 0.1) is 5.41 Å². The van der Waals surface area contributed by atoms with Crippen LogP contribution in [-0.2, 0) is 0 Å². The summed E-state index contributed by atoms with van der Waals surface area (Å²) in [7, 11) is 0. The molecule has 112 valence electrons. The second kappa shape index (κ2) is 5.34. The lowest BCUT2D eigenvalue weighted by molar-refractivity contribution is 0.0914. The van der Waals surface area contributed by atoms with E-state index in [1.165, 1.54) is 24.2 Å². The Bertz CT molecular complexity index is 664. The summed E-state index contributed by atoms with van der Waals surface area (Å²) < 4.78 is 1.07. The molecule has 1 aromatic carbocycles. The number of hydrogen-bond acceptors (Lipinski definition) is 3. The first-order valence-corrected chi connectivity index (χ1v) is 8.36. The van der Waals surface area contributed by atoms with Crippen LogP contribution in [0.4, 0.5) is 5.69 Å². The molecule has 0 bridgehead atoms. The number of nitrogen functional groups attached to an aromatic ring is 1. The van der Waals surface area contributed by atoms with Gasteiger partial charge in [0.2, 0.25) is 0 Å². The van der Waals surface area contributed by atoms with Crippen molar-refractivity contribution in [2.75, 3.05) is 5.73 Å². The minimum atomic E-state index is -0.0154. The van der Waals surface area contributed by atoms with Gasteiger partial charge < -0.3 is 11.1 Å².